The molecule has 0 aliphatic rings. The lowest BCUT2D eigenvalue weighted by Gasteiger charge is -2.29. The third kappa shape index (κ3) is 2.75. The number of anilines is 1. The standard InChI is InChI=1S/C13H20N2O2/c1-6-8-13(4,7-2)11(16)15(5)12-14-10(3)9-17-12/h6,9H,1,7-8H2,2-5H3. The number of aryl methyl sites for hydroxylation is 1. The minimum Gasteiger partial charge on any atom is -0.431 e. The third-order valence-corrected chi connectivity index (χ3v) is 3.09. The predicted molar refractivity (Wildman–Crippen MR) is 67.9 cm³/mol. The van der Waals surface area contributed by atoms with E-state index in [9.17, 15) is 4.79 Å². The number of hydrogen-bond acceptors (Lipinski definition) is 3. The minimum atomic E-state index is -0.446. The molecule has 0 saturated carbocycles. The lowest BCUT2D eigenvalue weighted by Crippen LogP contribution is -2.40. The highest BCUT2D eigenvalue weighted by Crippen LogP contribution is 2.30. The van der Waals surface area contributed by atoms with Crippen molar-refractivity contribution in [1.82, 2.24) is 4.98 Å². The van der Waals surface area contributed by atoms with Crippen LogP contribution in [0.5, 0.6) is 0 Å². The molecule has 0 aromatic carbocycles. The van der Waals surface area contributed by atoms with Gasteiger partial charge in [0, 0.05) is 7.05 Å². The van der Waals surface area contributed by atoms with Gasteiger partial charge in [-0.15, -0.1) is 6.58 Å². The van der Waals surface area contributed by atoms with E-state index in [0.717, 1.165) is 12.1 Å². The Morgan fingerprint density at radius 3 is 2.76 bits per heavy atom. The van der Waals surface area contributed by atoms with E-state index in [0.29, 0.717) is 12.4 Å². The largest absolute Gasteiger partial charge is 0.431 e. The summed E-state index contributed by atoms with van der Waals surface area (Å²) >= 11 is 0. The van der Waals surface area contributed by atoms with Crippen molar-refractivity contribution < 1.29 is 9.21 Å². The maximum atomic E-state index is 12.4. The summed E-state index contributed by atoms with van der Waals surface area (Å²) in [5.41, 5.74) is 0.320. The van der Waals surface area contributed by atoms with Crippen LogP contribution in [0.25, 0.3) is 0 Å². The molecule has 0 bridgehead atoms. The van der Waals surface area contributed by atoms with Crippen molar-refractivity contribution in [2.75, 3.05) is 11.9 Å². The van der Waals surface area contributed by atoms with Gasteiger partial charge < -0.3 is 4.42 Å². The molecule has 4 nitrogen and oxygen atoms in total. The average molecular weight is 236 g/mol. The maximum absolute atomic E-state index is 12.4. The van der Waals surface area contributed by atoms with Gasteiger partial charge in [0.2, 0.25) is 5.91 Å². The van der Waals surface area contributed by atoms with Crippen molar-refractivity contribution in [1.29, 1.82) is 0 Å². The Bertz CT molecular complexity index is 411. The molecule has 1 heterocycles. The first-order valence-electron chi connectivity index (χ1n) is 5.75. The number of aromatic nitrogens is 1. The van der Waals surface area contributed by atoms with Crippen molar-refractivity contribution in [3.8, 4) is 0 Å². The normalized spacial score (nSPS) is 14.1. The molecular formula is C13H20N2O2. The van der Waals surface area contributed by atoms with Crippen LogP contribution in [0.4, 0.5) is 6.01 Å². The molecule has 17 heavy (non-hydrogen) atoms. The summed E-state index contributed by atoms with van der Waals surface area (Å²) in [5.74, 6) is 0.00162. The maximum Gasteiger partial charge on any atom is 0.304 e. The van der Waals surface area contributed by atoms with Crippen LogP contribution in [-0.4, -0.2) is 17.9 Å². The van der Waals surface area contributed by atoms with E-state index < -0.39 is 5.41 Å². The molecule has 0 radical (unpaired) electrons. The van der Waals surface area contributed by atoms with Gasteiger partial charge in [0.05, 0.1) is 11.1 Å². The Kier molecular flexibility index (Phi) is 4.10. The zero-order valence-electron chi connectivity index (χ0n) is 11.0. The molecular weight excluding hydrogens is 216 g/mol. The molecule has 1 amide bonds. The fraction of sp³-hybridized carbons (Fsp3) is 0.538. The van der Waals surface area contributed by atoms with E-state index in [-0.39, 0.29) is 5.91 Å². The molecule has 1 aromatic heterocycles. The number of nitrogens with zero attached hydrogens (tertiary/aromatic N) is 2. The van der Waals surface area contributed by atoms with Crippen LogP contribution in [0.2, 0.25) is 0 Å². The van der Waals surface area contributed by atoms with E-state index >= 15 is 0 Å². The summed E-state index contributed by atoms with van der Waals surface area (Å²) in [4.78, 5) is 18.0. The van der Waals surface area contributed by atoms with Crippen molar-refractivity contribution in [2.45, 2.75) is 33.6 Å². The molecule has 1 rings (SSSR count). The first kappa shape index (κ1) is 13.5. The van der Waals surface area contributed by atoms with Crippen LogP contribution < -0.4 is 4.90 Å². The van der Waals surface area contributed by atoms with Gasteiger partial charge in [-0.2, -0.15) is 4.98 Å². The van der Waals surface area contributed by atoms with Gasteiger partial charge in [0.25, 0.3) is 0 Å². The van der Waals surface area contributed by atoms with Gasteiger partial charge in [-0.25, -0.2) is 0 Å². The van der Waals surface area contributed by atoms with Crippen LogP contribution in [-0.2, 0) is 4.79 Å². The molecule has 94 valence electrons. The van der Waals surface area contributed by atoms with E-state index in [1.807, 2.05) is 20.8 Å². The summed E-state index contributed by atoms with van der Waals surface area (Å²) in [5, 5.41) is 0. The summed E-state index contributed by atoms with van der Waals surface area (Å²) in [6.45, 7) is 9.46. The topological polar surface area (TPSA) is 46.3 Å². The second-order valence-electron chi connectivity index (χ2n) is 4.54. The SMILES string of the molecule is C=CCC(C)(CC)C(=O)N(C)c1nc(C)co1. The Balaban J connectivity index is 2.91. The number of oxazole rings is 1. The second kappa shape index (κ2) is 5.17. The molecule has 4 heteroatoms. The number of allylic oxidation sites excluding steroid dienone is 1. The predicted octanol–water partition coefficient (Wildman–Crippen LogP) is 2.94. The Morgan fingerprint density at radius 2 is 2.35 bits per heavy atom. The van der Waals surface area contributed by atoms with Gasteiger partial charge in [0.15, 0.2) is 0 Å². The first-order chi connectivity index (χ1) is 7.94. The minimum absolute atomic E-state index is 0.00162. The smallest absolute Gasteiger partial charge is 0.304 e. The zero-order chi connectivity index (χ0) is 13.1. The lowest BCUT2D eigenvalue weighted by atomic mass is 9.82. The number of amides is 1. The zero-order valence-corrected chi connectivity index (χ0v) is 11.0. The van der Waals surface area contributed by atoms with Crippen LogP contribution in [0.3, 0.4) is 0 Å². The van der Waals surface area contributed by atoms with Crippen molar-refractivity contribution >= 4 is 11.9 Å². The van der Waals surface area contributed by atoms with Crippen molar-refractivity contribution in [2.24, 2.45) is 5.41 Å². The summed E-state index contributed by atoms with van der Waals surface area (Å²) in [6.07, 6.45) is 4.71. The molecule has 1 unspecified atom stereocenters. The average Bonchev–Trinajstić information content (AvgIpc) is 2.74. The molecule has 1 aromatic rings. The first-order valence-corrected chi connectivity index (χ1v) is 5.75. The monoisotopic (exact) mass is 236 g/mol. The fourth-order valence-electron chi connectivity index (χ4n) is 1.69. The van der Waals surface area contributed by atoms with Gasteiger partial charge in [-0.05, 0) is 19.8 Å². The van der Waals surface area contributed by atoms with E-state index in [2.05, 4.69) is 11.6 Å². The third-order valence-electron chi connectivity index (χ3n) is 3.09. The second-order valence-corrected chi connectivity index (χ2v) is 4.54. The molecule has 1 atom stereocenters. The number of rotatable bonds is 5. The Morgan fingerprint density at radius 1 is 1.71 bits per heavy atom. The summed E-state index contributed by atoms with van der Waals surface area (Å²) in [7, 11) is 1.69. The van der Waals surface area contributed by atoms with Crippen LogP contribution in [0, 0.1) is 12.3 Å². The summed E-state index contributed by atoms with van der Waals surface area (Å²) < 4.78 is 5.23. The highest BCUT2D eigenvalue weighted by Gasteiger charge is 2.34. The van der Waals surface area contributed by atoms with Crippen molar-refractivity contribution in [3.05, 3.63) is 24.6 Å². The Hall–Kier alpha value is -1.58. The fourth-order valence-corrected chi connectivity index (χ4v) is 1.69. The highest BCUT2D eigenvalue weighted by molar-refractivity contribution is 5.95. The molecule has 0 N–H and O–H groups in total. The van der Waals surface area contributed by atoms with E-state index in [1.54, 1.807) is 13.1 Å². The molecule has 0 spiro atoms. The van der Waals surface area contributed by atoms with Crippen molar-refractivity contribution in [3.63, 3.8) is 0 Å². The van der Waals surface area contributed by atoms with Gasteiger partial charge in [-0.3, -0.25) is 9.69 Å². The highest BCUT2D eigenvalue weighted by atomic mass is 16.4. The summed E-state index contributed by atoms with van der Waals surface area (Å²) in [6, 6.07) is 0.344. The molecule has 0 aliphatic carbocycles. The Labute approximate surface area is 102 Å². The van der Waals surface area contributed by atoms with Crippen LogP contribution in [0.1, 0.15) is 32.4 Å². The van der Waals surface area contributed by atoms with Gasteiger partial charge in [-0.1, -0.05) is 19.9 Å². The number of hydrogen-bond donors (Lipinski definition) is 0. The molecule has 0 fully saturated rings. The molecule has 0 aliphatic heterocycles. The van der Waals surface area contributed by atoms with Crippen LogP contribution in [0.15, 0.2) is 23.3 Å². The van der Waals surface area contributed by atoms with E-state index in [1.165, 1.54) is 11.2 Å². The number of carbonyl (C=O) groups excluding carboxylic acids is 1. The van der Waals surface area contributed by atoms with Crippen LogP contribution >= 0.6 is 0 Å². The van der Waals surface area contributed by atoms with Gasteiger partial charge >= 0.3 is 6.01 Å². The lowest BCUT2D eigenvalue weighted by molar-refractivity contribution is -0.127. The van der Waals surface area contributed by atoms with Gasteiger partial charge in [0.1, 0.15) is 6.26 Å². The van der Waals surface area contributed by atoms with E-state index in [4.69, 9.17) is 4.42 Å². The molecule has 0 saturated heterocycles. The quantitative estimate of drug-likeness (QED) is 0.738. The number of carbonyl (C=O) groups is 1.